The third-order valence-electron chi connectivity index (χ3n) is 8.30. The van der Waals surface area contributed by atoms with E-state index in [2.05, 4.69) is 113 Å². The first kappa shape index (κ1) is 22.9. The number of benzene rings is 5. The molecule has 0 aliphatic carbocycles. The van der Waals surface area contributed by atoms with Crippen molar-refractivity contribution in [3.8, 4) is 28.1 Å². The van der Waals surface area contributed by atoms with Crippen molar-refractivity contribution >= 4 is 49.1 Å². The molecule has 9 aromatic rings. The van der Waals surface area contributed by atoms with E-state index in [1.165, 1.54) is 38.1 Å². The first-order chi connectivity index (χ1) is 20.8. The zero-order chi connectivity index (χ0) is 27.6. The smallest absolute Gasteiger partial charge is 0.155 e. The first-order valence-electron chi connectivity index (χ1n) is 14.0. The van der Waals surface area contributed by atoms with Gasteiger partial charge < -0.3 is 4.40 Å². The summed E-state index contributed by atoms with van der Waals surface area (Å²) in [6.07, 6.45) is 9.57. The van der Waals surface area contributed by atoms with Gasteiger partial charge in [-0.05, 0) is 69.1 Å². The fraction of sp³-hybridized carbons (Fsp3) is 0. The number of hydrogen-bond acceptors (Lipinski definition) is 3. The molecule has 0 radical (unpaired) electrons. The van der Waals surface area contributed by atoms with Crippen molar-refractivity contribution in [3.63, 3.8) is 0 Å². The van der Waals surface area contributed by atoms with E-state index in [1.54, 1.807) is 6.20 Å². The van der Waals surface area contributed by atoms with E-state index in [0.717, 1.165) is 39.1 Å². The van der Waals surface area contributed by atoms with Crippen LogP contribution < -0.4 is 0 Å². The Balaban J connectivity index is 1.37. The molecule has 196 valence electrons. The van der Waals surface area contributed by atoms with Gasteiger partial charge in [-0.25, -0.2) is 9.97 Å². The molecule has 0 aliphatic heterocycles. The number of para-hydroxylation sites is 1. The Morgan fingerprint density at radius 1 is 0.524 bits per heavy atom. The predicted molar refractivity (Wildman–Crippen MR) is 171 cm³/mol. The Kier molecular flexibility index (Phi) is 4.83. The molecule has 5 heteroatoms. The summed E-state index contributed by atoms with van der Waals surface area (Å²) in [4.78, 5) is 14.1. The van der Waals surface area contributed by atoms with Gasteiger partial charge in [-0.3, -0.25) is 9.55 Å². The molecule has 0 fully saturated rings. The van der Waals surface area contributed by atoms with Gasteiger partial charge in [0.2, 0.25) is 0 Å². The van der Waals surface area contributed by atoms with Crippen LogP contribution in [0.5, 0.6) is 0 Å². The summed E-state index contributed by atoms with van der Waals surface area (Å²) in [5.41, 5.74) is 8.49. The van der Waals surface area contributed by atoms with Crippen molar-refractivity contribution in [2.45, 2.75) is 0 Å². The number of rotatable bonds is 3. The minimum atomic E-state index is 0.835. The van der Waals surface area contributed by atoms with Crippen molar-refractivity contribution in [1.82, 2.24) is 23.9 Å². The SMILES string of the molecule is c1ccc(-n2c3ccc(-c4c5ccccc5c(-c5cn6ccnc6cn5)c5ccccc45)cc3c3cccnc32)cc1. The minimum absolute atomic E-state index is 0.835. The standard InChI is InChI=1S/C37H23N5/c1-2-9-25(10-3-1)42-33-17-16-24(21-31(33)30-15-8-18-39-37(30)42)35-26-11-4-6-13-28(26)36(29-14-7-5-12-27(29)35)32-23-41-20-19-38-34(41)22-40-32/h1-23H. The normalized spacial score (nSPS) is 11.8. The Bertz CT molecular complexity index is 2410. The summed E-state index contributed by atoms with van der Waals surface area (Å²) in [7, 11) is 0. The van der Waals surface area contributed by atoms with Gasteiger partial charge >= 0.3 is 0 Å². The fourth-order valence-corrected chi connectivity index (χ4v) is 6.51. The van der Waals surface area contributed by atoms with Crippen LogP contribution in [-0.4, -0.2) is 23.9 Å². The van der Waals surface area contributed by atoms with Crippen LogP contribution in [0.1, 0.15) is 0 Å². The second-order valence-electron chi connectivity index (χ2n) is 10.6. The highest BCUT2D eigenvalue weighted by Crippen LogP contribution is 2.44. The molecule has 9 rings (SSSR count). The van der Waals surface area contributed by atoms with Crippen LogP contribution in [0.2, 0.25) is 0 Å². The Morgan fingerprint density at radius 2 is 1.21 bits per heavy atom. The van der Waals surface area contributed by atoms with Crippen LogP contribution in [0, 0.1) is 0 Å². The van der Waals surface area contributed by atoms with E-state index in [1.807, 2.05) is 35.1 Å². The molecular formula is C37H23N5. The molecular weight excluding hydrogens is 514 g/mol. The summed E-state index contributed by atoms with van der Waals surface area (Å²) in [5, 5.41) is 7.06. The molecule has 5 nitrogen and oxygen atoms in total. The molecule has 0 amide bonds. The average molecular weight is 538 g/mol. The van der Waals surface area contributed by atoms with Crippen LogP contribution in [-0.2, 0) is 0 Å². The Hall–Kier alpha value is -5.81. The predicted octanol–water partition coefficient (Wildman–Crippen LogP) is 8.86. The molecule has 5 aromatic carbocycles. The van der Waals surface area contributed by atoms with Crippen LogP contribution in [0.25, 0.3) is 77.2 Å². The fourth-order valence-electron chi connectivity index (χ4n) is 6.51. The maximum Gasteiger partial charge on any atom is 0.155 e. The number of aromatic nitrogens is 5. The summed E-state index contributed by atoms with van der Waals surface area (Å²) in [5.74, 6) is 0. The molecule has 0 atom stereocenters. The Labute approximate surface area is 241 Å². The molecule has 0 bridgehead atoms. The molecule has 0 aliphatic rings. The lowest BCUT2D eigenvalue weighted by atomic mass is 9.87. The lowest BCUT2D eigenvalue weighted by molar-refractivity contribution is 1.13. The number of nitrogens with zero attached hydrogens (tertiary/aromatic N) is 5. The highest BCUT2D eigenvalue weighted by molar-refractivity contribution is 6.22. The number of pyridine rings is 1. The lowest BCUT2D eigenvalue weighted by Crippen LogP contribution is -1.95. The first-order valence-corrected chi connectivity index (χ1v) is 14.0. The summed E-state index contributed by atoms with van der Waals surface area (Å²) < 4.78 is 4.29. The van der Waals surface area contributed by atoms with Crippen molar-refractivity contribution in [3.05, 3.63) is 140 Å². The zero-order valence-corrected chi connectivity index (χ0v) is 22.5. The molecule has 0 N–H and O–H groups in total. The molecule has 42 heavy (non-hydrogen) atoms. The summed E-state index contributed by atoms with van der Waals surface area (Å²) >= 11 is 0. The van der Waals surface area contributed by atoms with Gasteiger partial charge in [-0.15, -0.1) is 0 Å². The largest absolute Gasteiger partial charge is 0.304 e. The van der Waals surface area contributed by atoms with Crippen LogP contribution >= 0.6 is 0 Å². The van der Waals surface area contributed by atoms with Crippen molar-refractivity contribution < 1.29 is 0 Å². The van der Waals surface area contributed by atoms with Gasteiger partial charge in [-0.1, -0.05) is 72.8 Å². The van der Waals surface area contributed by atoms with E-state index in [4.69, 9.17) is 9.97 Å². The van der Waals surface area contributed by atoms with E-state index < -0.39 is 0 Å². The summed E-state index contributed by atoms with van der Waals surface area (Å²) in [6, 6.07) is 38.9. The maximum atomic E-state index is 4.87. The molecule has 4 heterocycles. The molecule has 4 aromatic heterocycles. The van der Waals surface area contributed by atoms with E-state index in [9.17, 15) is 0 Å². The zero-order valence-electron chi connectivity index (χ0n) is 22.5. The maximum absolute atomic E-state index is 4.87. The second-order valence-corrected chi connectivity index (χ2v) is 10.6. The highest BCUT2D eigenvalue weighted by Gasteiger charge is 2.19. The van der Waals surface area contributed by atoms with Crippen molar-refractivity contribution in [2.75, 3.05) is 0 Å². The quantitative estimate of drug-likeness (QED) is 0.212. The molecule has 0 saturated carbocycles. The number of fused-ring (bicyclic) bond motifs is 6. The van der Waals surface area contributed by atoms with Gasteiger partial charge in [0.05, 0.1) is 17.4 Å². The molecule has 0 spiro atoms. The number of imidazole rings is 1. The van der Waals surface area contributed by atoms with Gasteiger partial charge in [0.1, 0.15) is 5.65 Å². The van der Waals surface area contributed by atoms with Crippen LogP contribution in [0.15, 0.2) is 140 Å². The van der Waals surface area contributed by atoms with E-state index in [0.29, 0.717) is 0 Å². The monoisotopic (exact) mass is 537 g/mol. The third-order valence-corrected chi connectivity index (χ3v) is 8.30. The highest BCUT2D eigenvalue weighted by atomic mass is 15.0. The van der Waals surface area contributed by atoms with Crippen LogP contribution in [0.4, 0.5) is 0 Å². The van der Waals surface area contributed by atoms with Gasteiger partial charge in [0.25, 0.3) is 0 Å². The second kappa shape index (κ2) is 8.85. The van der Waals surface area contributed by atoms with Crippen molar-refractivity contribution in [1.29, 1.82) is 0 Å². The third kappa shape index (κ3) is 3.28. The topological polar surface area (TPSA) is 48.0 Å². The Morgan fingerprint density at radius 3 is 1.98 bits per heavy atom. The van der Waals surface area contributed by atoms with Gasteiger partial charge in [0.15, 0.2) is 5.65 Å². The molecule has 0 unspecified atom stereocenters. The van der Waals surface area contributed by atoms with Gasteiger partial charge in [0, 0.05) is 46.8 Å². The lowest BCUT2D eigenvalue weighted by Gasteiger charge is -2.17. The summed E-state index contributed by atoms with van der Waals surface area (Å²) in [6.45, 7) is 0. The van der Waals surface area contributed by atoms with Crippen molar-refractivity contribution in [2.24, 2.45) is 0 Å². The average Bonchev–Trinajstić information content (AvgIpc) is 3.66. The molecule has 0 saturated heterocycles. The number of hydrogen-bond donors (Lipinski definition) is 0. The van der Waals surface area contributed by atoms with E-state index >= 15 is 0 Å². The minimum Gasteiger partial charge on any atom is -0.304 e. The van der Waals surface area contributed by atoms with E-state index in [-0.39, 0.29) is 0 Å². The van der Waals surface area contributed by atoms with Gasteiger partial charge in [-0.2, -0.15) is 0 Å². The van der Waals surface area contributed by atoms with Crippen LogP contribution in [0.3, 0.4) is 0 Å².